The van der Waals surface area contributed by atoms with Crippen LogP contribution in [0, 0.1) is 0 Å². The summed E-state index contributed by atoms with van der Waals surface area (Å²) in [6, 6.07) is 18.5. The lowest BCUT2D eigenvalue weighted by molar-refractivity contribution is 0.217. The molecule has 0 radical (unpaired) electrons. The highest BCUT2D eigenvalue weighted by Crippen LogP contribution is 2.20. The van der Waals surface area contributed by atoms with Gasteiger partial charge in [0.15, 0.2) is 0 Å². The van der Waals surface area contributed by atoms with Crippen molar-refractivity contribution in [3.8, 4) is 5.75 Å². The van der Waals surface area contributed by atoms with Gasteiger partial charge in [-0.05, 0) is 43.0 Å². The summed E-state index contributed by atoms with van der Waals surface area (Å²) in [6.07, 6.45) is 1.58. The van der Waals surface area contributed by atoms with Crippen LogP contribution in [-0.2, 0) is 13.0 Å². The molecule has 2 aromatic carbocycles. The van der Waals surface area contributed by atoms with E-state index < -0.39 is 0 Å². The zero-order valence-electron chi connectivity index (χ0n) is 13.4. The first-order valence-electron chi connectivity index (χ1n) is 7.68. The topological polar surface area (TPSA) is 41.5 Å². The normalized spacial score (nSPS) is 13.6. The summed E-state index contributed by atoms with van der Waals surface area (Å²) >= 11 is 0. The molecule has 0 bridgehead atoms. The van der Waals surface area contributed by atoms with E-state index in [4.69, 9.17) is 4.74 Å². The van der Waals surface area contributed by atoms with Crippen LogP contribution in [0.3, 0.4) is 0 Å². The summed E-state index contributed by atoms with van der Waals surface area (Å²) in [6.45, 7) is 3.14. The summed E-state index contributed by atoms with van der Waals surface area (Å²) < 4.78 is 5.20. The molecule has 2 N–H and O–H groups in total. The van der Waals surface area contributed by atoms with E-state index in [0.717, 1.165) is 18.7 Å². The zero-order chi connectivity index (χ0) is 15.8. The van der Waals surface area contributed by atoms with Crippen LogP contribution in [0.15, 0.2) is 54.6 Å². The van der Waals surface area contributed by atoms with Gasteiger partial charge in [0, 0.05) is 18.7 Å². The summed E-state index contributed by atoms with van der Waals surface area (Å²) in [7, 11) is 1.67. The maximum atomic E-state index is 9.40. The third-order valence-corrected chi connectivity index (χ3v) is 3.98. The summed E-state index contributed by atoms with van der Waals surface area (Å²) in [4.78, 5) is 0. The zero-order valence-corrected chi connectivity index (χ0v) is 13.4. The number of ether oxygens (including phenoxy) is 1. The minimum atomic E-state index is -0.140. The lowest BCUT2D eigenvalue weighted by Crippen LogP contribution is -2.44. The van der Waals surface area contributed by atoms with Crippen molar-refractivity contribution in [1.29, 1.82) is 0 Å². The van der Waals surface area contributed by atoms with E-state index >= 15 is 0 Å². The smallest absolute Gasteiger partial charge is 0.118 e. The van der Waals surface area contributed by atoms with Crippen LogP contribution in [0.1, 0.15) is 24.5 Å². The fraction of sp³-hybridized carbons (Fsp3) is 0.368. The Hall–Kier alpha value is -1.84. The van der Waals surface area contributed by atoms with Gasteiger partial charge < -0.3 is 15.2 Å². The second kappa shape index (κ2) is 7.97. The van der Waals surface area contributed by atoms with Crippen molar-refractivity contribution in [3.05, 3.63) is 65.7 Å². The van der Waals surface area contributed by atoms with Crippen molar-refractivity contribution in [2.75, 3.05) is 13.7 Å². The maximum absolute atomic E-state index is 9.40. The van der Waals surface area contributed by atoms with Gasteiger partial charge in [0.2, 0.25) is 0 Å². The quantitative estimate of drug-likeness (QED) is 0.786. The predicted molar refractivity (Wildman–Crippen MR) is 90.1 cm³/mol. The molecule has 0 aromatic heterocycles. The molecular formula is C19H25NO2. The van der Waals surface area contributed by atoms with Gasteiger partial charge in [-0.2, -0.15) is 0 Å². The number of aliphatic hydroxyl groups excluding tert-OH is 1. The summed E-state index contributed by atoms with van der Waals surface area (Å²) in [5.41, 5.74) is 2.35. The van der Waals surface area contributed by atoms with Gasteiger partial charge in [0.1, 0.15) is 5.75 Å². The number of hydrogen-bond acceptors (Lipinski definition) is 3. The van der Waals surface area contributed by atoms with Crippen molar-refractivity contribution in [3.63, 3.8) is 0 Å². The molecule has 0 fully saturated rings. The molecule has 1 atom stereocenters. The molecule has 0 heterocycles. The standard InChI is InChI=1S/C19H25NO2/c1-19(12-13-21,20-15-17-6-4-3-5-7-17)14-16-8-10-18(22-2)11-9-16/h3-11,20-21H,12-15H2,1-2H3. The van der Waals surface area contributed by atoms with Gasteiger partial charge in [0.05, 0.1) is 7.11 Å². The Bertz CT molecular complexity index is 553. The molecule has 0 aliphatic heterocycles. The molecule has 0 aliphatic rings. The average molecular weight is 299 g/mol. The van der Waals surface area contributed by atoms with Crippen molar-refractivity contribution in [2.24, 2.45) is 0 Å². The van der Waals surface area contributed by atoms with E-state index in [0.29, 0.717) is 6.42 Å². The van der Waals surface area contributed by atoms with E-state index in [1.165, 1.54) is 11.1 Å². The monoisotopic (exact) mass is 299 g/mol. The lowest BCUT2D eigenvalue weighted by Gasteiger charge is -2.31. The Kier molecular flexibility index (Phi) is 5.99. The van der Waals surface area contributed by atoms with Gasteiger partial charge in [0.25, 0.3) is 0 Å². The third-order valence-electron chi connectivity index (χ3n) is 3.98. The Morgan fingerprint density at radius 3 is 2.27 bits per heavy atom. The highest BCUT2D eigenvalue weighted by Gasteiger charge is 2.23. The number of nitrogens with one attached hydrogen (secondary N) is 1. The first-order valence-corrected chi connectivity index (χ1v) is 7.68. The Morgan fingerprint density at radius 1 is 1.00 bits per heavy atom. The second-order valence-corrected chi connectivity index (χ2v) is 5.90. The van der Waals surface area contributed by atoms with Crippen LogP contribution in [-0.4, -0.2) is 24.4 Å². The van der Waals surface area contributed by atoms with Gasteiger partial charge in [-0.1, -0.05) is 42.5 Å². The van der Waals surface area contributed by atoms with Crippen LogP contribution in [0.4, 0.5) is 0 Å². The lowest BCUT2D eigenvalue weighted by atomic mass is 9.89. The third kappa shape index (κ3) is 4.86. The molecule has 118 valence electrons. The van der Waals surface area contributed by atoms with Crippen molar-refractivity contribution < 1.29 is 9.84 Å². The fourth-order valence-corrected chi connectivity index (χ4v) is 2.59. The predicted octanol–water partition coefficient (Wildman–Crippen LogP) is 3.17. The molecule has 0 amide bonds. The molecule has 0 aliphatic carbocycles. The minimum absolute atomic E-state index is 0.140. The molecule has 0 spiro atoms. The molecule has 3 nitrogen and oxygen atoms in total. The molecule has 22 heavy (non-hydrogen) atoms. The van der Waals surface area contributed by atoms with E-state index in [-0.39, 0.29) is 12.1 Å². The van der Waals surface area contributed by atoms with Crippen molar-refractivity contribution in [2.45, 2.75) is 31.8 Å². The molecule has 0 saturated heterocycles. The Morgan fingerprint density at radius 2 is 1.68 bits per heavy atom. The van der Waals surface area contributed by atoms with Crippen LogP contribution in [0.5, 0.6) is 5.75 Å². The SMILES string of the molecule is COc1ccc(CC(C)(CCO)NCc2ccccc2)cc1. The van der Waals surface area contributed by atoms with Crippen LogP contribution in [0.2, 0.25) is 0 Å². The Balaban J connectivity index is 2.02. The van der Waals surface area contributed by atoms with Crippen molar-refractivity contribution >= 4 is 0 Å². The molecule has 1 unspecified atom stereocenters. The largest absolute Gasteiger partial charge is 0.497 e. The highest BCUT2D eigenvalue weighted by atomic mass is 16.5. The molecule has 2 aromatic rings. The van der Waals surface area contributed by atoms with E-state index in [2.05, 4.69) is 36.5 Å². The molecule has 2 rings (SSSR count). The number of aliphatic hydroxyl groups is 1. The molecule has 0 saturated carbocycles. The van der Waals surface area contributed by atoms with E-state index in [1.54, 1.807) is 7.11 Å². The van der Waals surface area contributed by atoms with Crippen molar-refractivity contribution in [1.82, 2.24) is 5.32 Å². The first-order chi connectivity index (χ1) is 10.6. The average Bonchev–Trinajstić information content (AvgIpc) is 2.55. The number of methoxy groups -OCH3 is 1. The highest BCUT2D eigenvalue weighted by molar-refractivity contribution is 5.28. The van der Waals surface area contributed by atoms with Crippen LogP contribution in [0.25, 0.3) is 0 Å². The van der Waals surface area contributed by atoms with Crippen LogP contribution < -0.4 is 10.1 Å². The summed E-state index contributed by atoms with van der Waals surface area (Å²) in [5, 5.41) is 13.0. The first kappa shape index (κ1) is 16.5. The second-order valence-electron chi connectivity index (χ2n) is 5.90. The van der Waals surface area contributed by atoms with Gasteiger partial charge in [-0.3, -0.25) is 0 Å². The number of rotatable bonds is 8. The van der Waals surface area contributed by atoms with E-state index in [9.17, 15) is 5.11 Å². The fourth-order valence-electron chi connectivity index (χ4n) is 2.59. The van der Waals surface area contributed by atoms with Crippen LogP contribution >= 0.6 is 0 Å². The van der Waals surface area contributed by atoms with Gasteiger partial charge in [-0.25, -0.2) is 0 Å². The maximum Gasteiger partial charge on any atom is 0.118 e. The number of benzene rings is 2. The number of hydrogen-bond donors (Lipinski definition) is 2. The minimum Gasteiger partial charge on any atom is -0.497 e. The molecular weight excluding hydrogens is 274 g/mol. The Labute approximate surface area is 133 Å². The van der Waals surface area contributed by atoms with Gasteiger partial charge in [-0.15, -0.1) is 0 Å². The van der Waals surface area contributed by atoms with E-state index in [1.807, 2.05) is 30.3 Å². The molecule has 3 heteroatoms. The summed E-state index contributed by atoms with van der Waals surface area (Å²) in [5.74, 6) is 0.866. The van der Waals surface area contributed by atoms with Gasteiger partial charge >= 0.3 is 0 Å².